The van der Waals surface area contributed by atoms with Gasteiger partial charge in [0, 0.05) is 12.1 Å². The highest BCUT2D eigenvalue weighted by Gasteiger charge is 2.10. The molecule has 0 bridgehead atoms. The minimum absolute atomic E-state index is 0.0664. The van der Waals surface area contributed by atoms with E-state index in [4.69, 9.17) is 0 Å². The number of unbranched alkanes of at least 4 members (excludes halogenated alkanes) is 1. The number of nitrogens with zero attached hydrogens (tertiary/aromatic N) is 1. The van der Waals surface area contributed by atoms with Gasteiger partial charge in [0.25, 0.3) is 0 Å². The zero-order valence-corrected chi connectivity index (χ0v) is 15.3. The van der Waals surface area contributed by atoms with Crippen molar-refractivity contribution in [1.29, 1.82) is 0 Å². The van der Waals surface area contributed by atoms with Crippen LogP contribution in [0.3, 0.4) is 0 Å². The molecule has 0 spiro atoms. The number of carbonyl (C=O) groups is 1. The lowest BCUT2D eigenvalue weighted by Crippen LogP contribution is -2.30. The minimum Gasteiger partial charge on any atom is -0.508 e. The molecular formula is C22H28N2O2. The second-order valence-electron chi connectivity index (χ2n) is 7.04. The van der Waals surface area contributed by atoms with Crippen molar-refractivity contribution in [1.82, 2.24) is 4.90 Å². The molecule has 26 heavy (non-hydrogen) atoms. The summed E-state index contributed by atoms with van der Waals surface area (Å²) in [6.45, 7) is 3.54. The molecule has 138 valence electrons. The maximum Gasteiger partial charge on any atom is 0.224 e. The summed E-state index contributed by atoms with van der Waals surface area (Å²) < 4.78 is 0. The van der Waals surface area contributed by atoms with Crippen LogP contribution in [0.2, 0.25) is 0 Å². The molecule has 1 fully saturated rings. The van der Waals surface area contributed by atoms with Crippen molar-refractivity contribution in [3.8, 4) is 16.9 Å². The Labute approximate surface area is 155 Å². The molecule has 1 aliphatic heterocycles. The van der Waals surface area contributed by atoms with Gasteiger partial charge in [-0.3, -0.25) is 4.79 Å². The summed E-state index contributed by atoms with van der Waals surface area (Å²) in [5, 5.41) is 12.6. The molecule has 0 atom stereocenters. The smallest absolute Gasteiger partial charge is 0.224 e. The fraction of sp³-hybridized carbons (Fsp3) is 0.409. The van der Waals surface area contributed by atoms with Crippen LogP contribution in [-0.4, -0.2) is 35.5 Å². The number of hydrogen-bond acceptors (Lipinski definition) is 3. The van der Waals surface area contributed by atoms with E-state index >= 15 is 0 Å². The van der Waals surface area contributed by atoms with Crippen molar-refractivity contribution in [3.63, 3.8) is 0 Å². The van der Waals surface area contributed by atoms with E-state index in [-0.39, 0.29) is 11.7 Å². The first-order chi connectivity index (χ1) is 12.7. The zero-order chi connectivity index (χ0) is 18.2. The third kappa shape index (κ3) is 5.60. The van der Waals surface area contributed by atoms with Gasteiger partial charge in [0.2, 0.25) is 5.91 Å². The lowest BCUT2D eigenvalue weighted by atomic mass is 10.0. The van der Waals surface area contributed by atoms with Crippen LogP contribution < -0.4 is 5.32 Å². The highest BCUT2D eigenvalue weighted by atomic mass is 16.3. The van der Waals surface area contributed by atoms with E-state index in [0.717, 1.165) is 36.2 Å². The van der Waals surface area contributed by atoms with Gasteiger partial charge in [0.05, 0.1) is 0 Å². The van der Waals surface area contributed by atoms with E-state index in [1.54, 1.807) is 12.1 Å². The highest BCUT2D eigenvalue weighted by molar-refractivity contribution is 5.91. The molecule has 3 rings (SSSR count). The predicted molar refractivity (Wildman–Crippen MR) is 106 cm³/mol. The third-order valence-corrected chi connectivity index (χ3v) is 4.90. The number of aromatic hydroxyl groups is 1. The second kappa shape index (κ2) is 9.39. The molecule has 1 aliphatic rings. The average molecular weight is 352 g/mol. The van der Waals surface area contributed by atoms with Crippen LogP contribution in [0.4, 0.5) is 5.69 Å². The van der Waals surface area contributed by atoms with Gasteiger partial charge >= 0.3 is 0 Å². The first kappa shape index (κ1) is 18.5. The predicted octanol–water partition coefficient (Wildman–Crippen LogP) is 4.65. The molecule has 0 saturated carbocycles. The maximum absolute atomic E-state index is 12.2. The Kier molecular flexibility index (Phi) is 6.67. The number of phenols is 1. The lowest BCUT2D eigenvalue weighted by molar-refractivity contribution is -0.116. The van der Waals surface area contributed by atoms with Crippen molar-refractivity contribution >= 4 is 11.6 Å². The van der Waals surface area contributed by atoms with Crippen LogP contribution in [0.5, 0.6) is 5.75 Å². The van der Waals surface area contributed by atoms with Gasteiger partial charge < -0.3 is 15.3 Å². The number of likely N-dealkylation sites (tertiary alicyclic amines) is 1. The van der Waals surface area contributed by atoms with Crippen molar-refractivity contribution < 1.29 is 9.90 Å². The molecule has 1 amide bonds. The Morgan fingerprint density at radius 1 is 0.962 bits per heavy atom. The van der Waals surface area contributed by atoms with Crippen LogP contribution in [0.15, 0.2) is 48.5 Å². The minimum atomic E-state index is 0.0664. The fourth-order valence-electron chi connectivity index (χ4n) is 3.49. The number of hydrogen-bond donors (Lipinski definition) is 2. The van der Waals surface area contributed by atoms with Gasteiger partial charge in [-0.15, -0.1) is 0 Å². The summed E-state index contributed by atoms with van der Waals surface area (Å²) in [4.78, 5) is 14.7. The first-order valence-electron chi connectivity index (χ1n) is 9.62. The molecular weight excluding hydrogens is 324 g/mol. The summed E-state index contributed by atoms with van der Waals surface area (Å²) in [6.07, 6.45) is 6.56. The normalized spacial score (nSPS) is 14.9. The quantitative estimate of drug-likeness (QED) is 0.713. The monoisotopic (exact) mass is 352 g/mol. The van der Waals surface area contributed by atoms with E-state index in [1.165, 1.54) is 32.4 Å². The van der Waals surface area contributed by atoms with Crippen molar-refractivity contribution in [2.24, 2.45) is 0 Å². The first-order valence-corrected chi connectivity index (χ1v) is 9.62. The molecule has 2 aromatic rings. The molecule has 4 nitrogen and oxygen atoms in total. The molecule has 4 heteroatoms. The topological polar surface area (TPSA) is 52.6 Å². The van der Waals surface area contributed by atoms with Gasteiger partial charge in [-0.1, -0.05) is 30.7 Å². The number of amides is 1. The van der Waals surface area contributed by atoms with Crippen LogP contribution in [0.1, 0.15) is 38.5 Å². The molecule has 1 heterocycles. The van der Waals surface area contributed by atoms with Crippen molar-refractivity contribution in [2.75, 3.05) is 25.0 Å². The van der Waals surface area contributed by atoms with Gasteiger partial charge in [0.15, 0.2) is 0 Å². The lowest BCUT2D eigenvalue weighted by Gasteiger charge is -2.26. The third-order valence-electron chi connectivity index (χ3n) is 4.90. The Bertz CT molecular complexity index is 724. The molecule has 0 aromatic heterocycles. The second-order valence-corrected chi connectivity index (χ2v) is 7.04. The molecule has 0 unspecified atom stereocenters. The largest absolute Gasteiger partial charge is 0.508 e. The Hall–Kier alpha value is -2.33. The van der Waals surface area contributed by atoms with Gasteiger partial charge in [-0.2, -0.15) is 0 Å². The maximum atomic E-state index is 12.2. The van der Waals surface area contributed by atoms with Gasteiger partial charge in [-0.25, -0.2) is 0 Å². The highest BCUT2D eigenvalue weighted by Crippen LogP contribution is 2.25. The Balaban J connectivity index is 1.46. The van der Waals surface area contributed by atoms with E-state index in [2.05, 4.69) is 10.2 Å². The summed E-state index contributed by atoms with van der Waals surface area (Å²) in [6, 6.07) is 14.9. The van der Waals surface area contributed by atoms with Crippen LogP contribution in [0, 0.1) is 0 Å². The van der Waals surface area contributed by atoms with E-state index in [9.17, 15) is 9.90 Å². The van der Waals surface area contributed by atoms with Crippen LogP contribution in [-0.2, 0) is 4.79 Å². The number of carbonyl (C=O) groups excluding carboxylic acids is 1. The summed E-state index contributed by atoms with van der Waals surface area (Å²) in [5.41, 5.74) is 2.71. The van der Waals surface area contributed by atoms with Crippen molar-refractivity contribution in [2.45, 2.75) is 38.5 Å². The zero-order valence-electron chi connectivity index (χ0n) is 15.3. The summed E-state index contributed by atoms with van der Waals surface area (Å²) >= 11 is 0. The summed E-state index contributed by atoms with van der Waals surface area (Å²) in [5.74, 6) is 0.308. The molecule has 2 N–H and O–H groups in total. The van der Waals surface area contributed by atoms with Gasteiger partial charge in [-0.05, 0) is 80.7 Å². The Morgan fingerprint density at radius 3 is 2.46 bits per heavy atom. The number of rotatable bonds is 7. The van der Waals surface area contributed by atoms with E-state index in [1.807, 2.05) is 36.4 Å². The van der Waals surface area contributed by atoms with Crippen LogP contribution >= 0.6 is 0 Å². The SMILES string of the molecule is O=C(CCCCN1CCCCC1)Nc1cccc(-c2cccc(O)c2)c1. The van der Waals surface area contributed by atoms with E-state index in [0.29, 0.717) is 6.42 Å². The number of nitrogens with one attached hydrogen (secondary N) is 1. The standard InChI is InChI=1S/C22H28N2O2/c25-21-11-7-9-19(17-21)18-8-6-10-20(16-18)23-22(26)12-2-5-15-24-13-3-1-4-14-24/h6-11,16-17,25H,1-5,12-15H2,(H,23,26). The average Bonchev–Trinajstić information content (AvgIpc) is 2.66. The fourth-order valence-corrected chi connectivity index (χ4v) is 3.49. The number of piperidine rings is 1. The van der Waals surface area contributed by atoms with Crippen molar-refractivity contribution in [3.05, 3.63) is 48.5 Å². The molecule has 0 radical (unpaired) electrons. The summed E-state index contributed by atoms with van der Waals surface area (Å²) in [7, 11) is 0. The molecule has 0 aliphatic carbocycles. The molecule has 2 aromatic carbocycles. The number of benzene rings is 2. The van der Waals surface area contributed by atoms with Gasteiger partial charge in [0.1, 0.15) is 5.75 Å². The van der Waals surface area contributed by atoms with Crippen LogP contribution in [0.25, 0.3) is 11.1 Å². The number of phenolic OH excluding ortho intramolecular Hbond substituents is 1. The Morgan fingerprint density at radius 2 is 1.69 bits per heavy atom. The number of anilines is 1. The molecule has 1 saturated heterocycles. The van der Waals surface area contributed by atoms with E-state index < -0.39 is 0 Å².